The van der Waals surface area contributed by atoms with Gasteiger partial charge in [0.15, 0.2) is 17.9 Å². The summed E-state index contributed by atoms with van der Waals surface area (Å²) in [5.41, 5.74) is -0.0849. The van der Waals surface area contributed by atoms with E-state index in [9.17, 15) is 14.0 Å². The zero-order valence-corrected chi connectivity index (χ0v) is 8.03. The molecule has 0 aromatic heterocycles. The predicted molar refractivity (Wildman–Crippen MR) is 52.6 cm³/mol. The van der Waals surface area contributed by atoms with Crippen LogP contribution >= 0.6 is 0 Å². The number of benzene rings is 1. The number of phenolic OH excluding ortho intramolecular Hbond substituents is 1. The van der Waals surface area contributed by atoms with Gasteiger partial charge >= 0.3 is 5.97 Å². The van der Waals surface area contributed by atoms with E-state index in [1.807, 2.05) is 0 Å². The van der Waals surface area contributed by atoms with Crippen LogP contribution < -0.4 is 0 Å². The number of rotatable bonds is 2. The van der Waals surface area contributed by atoms with Crippen LogP contribution in [0.1, 0.15) is 22.3 Å². The monoisotopic (exact) mass is 222 g/mol. The van der Waals surface area contributed by atoms with E-state index in [2.05, 4.69) is 11.8 Å². The molecule has 1 aromatic carbocycles. The first kappa shape index (κ1) is 11.7. The van der Waals surface area contributed by atoms with Crippen LogP contribution in [-0.4, -0.2) is 22.5 Å². The number of phenols is 1. The molecule has 0 saturated heterocycles. The fraction of sp³-hybridized carbons (Fsp3) is 0.0909. The summed E-state index contributed by atoms with van der Waals surface area (Å²) < 4.78 is 13.0. The molecule has 2 N–H and O–H groups in total. The summed E-state index contributed by atoms with van der Waals surface area (Å²) in [5.74, 6) is 1.86. The molecule has 0 radical (unpaired) electrons. The van der Waals surface area contributed by atoms with Crippen LogP contribution in [0.3, 0.4) is 0 Å². The highest BCUT2D eigenvalue weighted by molar-refractivity contribution is 5.80. The predicted octanol–water partition coefficient (Wildman–Crippen LogP) is 1.17. The molecular formula is C11H7FO4. The molecule has 1 rings (SSSR count). The molecule has 0 amide bonds. The normalized spacial score (nSPS) is 9.06. The zero-order valence-electron chi connectivity index (χ0n) is 8.03. The van der Waals surface area contributed by atoms with Crippen LogP contribution in [0, 0.1) is 17.7 Å². The third kappa shape index (κ3) is 2.82. The first-order valence-corrected chi connectivity index (χ1v) is 4.23. The molecule has 0 spiro atoms. The van der Waals surface area contributed by atoms with Gasteiger partial charge in [-0.25, -0.2) is 4.39 Å². The summed E-state index contributed by atoms with van der Waals surface area (Å²) >= 11 is 0. The van der Waals surface area contributed by atoms with Gasteiger partial charge < -0.3 is 10.2 Å². The number of aldehydes is 1. The maximum absolute atomic E-state index is 13.0. The summed E-state index contributed by atoms with van der Waals surface area (Å²) in [6.07, 6.45) is -0.0836. The van der Waals surface area contributed by atoms with E-state index < -0.39 is 17.5 Å². The van der Waals surface area contributed by atoms with Crippen molar-refractivity contribution in [2.75, 3.05) is 0 Å². The number of carboxylic acid groups (broad SMARTS) is 1. The first-order chi connectivity index (χ1) is 7.54. The molecule has 0 saturated carbocycles. The quantitative estimate of drug-likeness (QED) is 0.581. The molecule has 0 aliphatic carbocycles. The van der Waals surface area contributed by atoms with Gasteiger partial charge in [0.05, 0.1) is 5.56 Å². The van der Waals surface area contributed by atoms with Gasteiger partial charge in [0.1, 0.15) is 6.42 Å². The van der Waals surface area contributed by atoms with Crippen molar-refractivity contribution < 1.29 is 24.2 Å². The topological polar surface area (TPSA) is 74.6 Å². The van der Waals surface area contributed by atoms with Crippen LogP contribution in [-0.2, 0) is 4.79 Å². The minimum absolute atomic E-state index is 0.138. The summed E-state index contributed by atoms with van der Waals surface area (Å²) in [4.78, 5) is 20.6. The summed E-state index contributed by atoms with van der Waals surface area (Å²) in [6.45, 7) is 0. The molecule has 0 unspecified atom stereocenters. The Kier molecular flexibility index (Phi) is 3.62. The van der Waals surface area contributed by atoms with Crippen LogP contribution in [0.25, 0.3) is 0 Å². The Balaban J connectivity index is 3.05. The van der Waals surface area contributed by atoms with Crippen molar-refractivity contribution in [3.63, 3.8) is 0 Å². The number of carbonyl (C=O) groups is 2. The Hall–Kier alpha value is -2.35. The lowest BCUT2D eigenvalue weighted by atomic mass is 10.1. The zero-order chi connectivity index (χ0) is 12.1. The van der Waals surface area contributed by atoms with E-state index in [1.54, 1.807) is 0 Å². The van der Waals surface area contributed by atoms with Crippen molar-refractivity contribution in [2.45, 2.75) is 6.42 Å². The van der Waals surface area contributed by atoms with E-state index in [1.165, 1.54) is 6.07 Å². The molecule has 0 fully saturated rings. The molecule has 4 nitrogen and oxygen atoms in total. The minimum atomic E-state index is -1.10. The van der Waals surface area contributed by atoms with Crippen molar-refractivity contribution in [1.29, 1.82) is 0 Å². The Labute approximate surface area is 90.3 Å². The molecule has 0 bridgehead atoms. The Bertz CT molecular complexity index is 497. The van der Waals surface area contributed by atoms with Gasteiger partial charge in [-0.2, -0.15) is 0 Å². The highest BCUT2D eigenvalue weighted by Gasteiger charge is 2.07. The van der Waals surface area contributed by atoms with Gasteiger partial charge in [0, 0.05) is 5.56 Å². The summed E-state index contributed by atoms with van der Waals surface area (Å²) in [7, 11) is 0. The molecule has 0 heterocycles. The van der Waals surface area contributed by atoms with Crippen molar-refractivity contribution in [1.82, 2.24) is 0 Å². The molecule has 1 aromatic rings. The van der Waals surface area contributed by atoms with E-state index in [0.29, 0.717) is 6.29 Å². The van der Waals surface area contributed by atoms with Crippen LogP contribution in [0.2, 0.25) is 0 Å². The standard InChI is InChI=1S/C11H7FO4/c12-9-5-7(2-1-3-10(14)15)4-8(6-13)11(9)16/h4-6,16H,3H2,(H,14,15). The lowest BCUT2D eigenvalue weighted by Gasteiger charge is -1.99. The van der Waals surface area contributed by atoms with Gasteiger partial charge in [-0.1, -0.05) is 11.8 Å². The van der Waals surface area contributed by atoms with Gasteiger partial charge in [0.2, 0.25) is 0 Å². The molecule has 0 aliphatic heterocycles. The number of carboxylic acids is 1. The highest BCUT2D eigenvalue weighted by atomic mass is 19.1. The fourth-order valence-electron chi connectivity index (χ4n) is 1.00. The van der Waals surface area contributed by atoms with Gasteiger partial charge in [-0.3, -0.25) is 9.59 Å². The number of aliphatic carboxylic acids is 1. The summed E-state index contributed by atoms with van der Waals surface area (Å²) in [6, 6.07) is 2.11. The Morgan fingerprint density at radius 2 is 2.19 bits per heavy atom. The average Bonchev–Trinajstić information content (AvgIpc) is 2.22. The van der Waals surface area contributed by atoms with Gasteiger partial charge in [-0.05, 0) is 12.1 Å². The lowest BCUT2D eigenvalue weighted by molar-refractivity contribution is -0.135. The van der Waals surface area contributed by atoms with Crippen LogP contribution in [0.15, 0.2) is 12.1 Å². The maximum Gasteiger partial charge on any atom is 0.315 e. The molecule has 5 heteroatoms. The largest absolute Gasteiger partial charge is 0.504 e. The molecule has 82 valence electrons. The molecule has 16 heavy (non-hydrogen) atoms. The highest BCUT2D eigenvalue weighted by Crippen LogP contribution is 2.21. The SMILES string of the molecule is O=Cc1cc(C#CCC(=O)O)cc(F)c1O. The number of carbonyl (C=O) groups excluding carboxylic acids is 1. The number of aromatic hydroxyl groups is 1. The van der Waals surface area contributed by atoms with Crippen LogP contribution in [0.4, 0.5) is 4.39 Å². The third-order valence-electron chi connectivity index (χ3n) is 1.69. The minimum Gasteiger partial charge on any atom is -0.504 e. The van der Waals surface area contributed by atoms with Crippen LogP contribution in [0.5, 0.6) is 5.75 Å². The smallest absolute Gasteiger partial charge is 0.315 e. The van der Waals surface area contributed by atoms with Gasteiger partial charge in [0.25, 0.3) is 0 Å². The van der Waals surface area contributed by atoms with E-state index in [0.717, 1.165) is 6.07 Å². The first-order valence-electron chi connectivity index (χ1n) is 4.23. The Morgan fingerprint density at radius 3 is 2.75 bits per heavy atom. The fourth-order valence-corrected chi connectivity index (χ4v) is 1.00. The van der Waals surface area contributed by atoms with Crippen molar-refractivity contribution in [2.24, 2.45) is 0 Å². The second-order valence-electron chi connectivity index (χ2n) is 2.89. The van der Waals surface area contributed by atoms with E-state index >= 15 is 0 Å². The lowest BCUT2D eigenvalue weighted by Crippen LogP contribution is -1.91. The number of hydrogen-bond donors (Lipinski definition) is 2. The number of hydrogen-bond acceptors (Lipinski definition) is 3. The van der Waals surface area contributed by atoms with Gasteiger partial charge in [-0.15, -0.1) is 0 Å². The van der Waals surface area contributed by atoms with E-state index in [-0.39, 0.29) is 17.5 Å². The summed E-state index contributed by atoms with van der Waals surface area (Å²) in [5, 5.41) is 17.4. The molecule has 0 atom stereocenters. The molecule has 0 aliphatic rings. The average molecular weight is 222 g/mol. The Morgan fingerprint density at radius 1 is 1.50 bits per heavy atom. The number of halogens is 1. The van der Waals surface area contributed by atoms with Crippen molar-refractivity contribution in [3.05, 3.63) is 29.1 Å². The second-order valence-corrected chi connectivity index (χ2v) is 2.89. The van der Waals surface area contributed by atoms with E-state index in [4.69, 9.17) is 10.2 Å². The third-order valence-corrected chi connectivity index (χ3v) is 1.69. The second kappa shape index (κ2) is 4.94. The van der Waals surface area contributed by atoms with Crippen molar-refractivity contribution in [3.8, 4) is 17.6 Å². The maximum atomic E-state index is 13.0. The molecular weight excluding hydrogens is 215 g/mol. The van der Waals surface area contributed by atoms with Crippen molar-refractivity contribution >= 4 is 12.3 Å².